The molecule has 3 rings (SSSR count). The number of methoxy groups -OCH3 is 1. The summed E-state index contributed by atoms with van der Waals surface area (Å²) in [6.07, 6.45) is 3.44. The number of carbonyl (C=O) groups is 1. The van der Waals surface area contributed by atoms with E-state index in [1.807, 2.05) is 24.3 Å². The van der Waals surface area contributed by atoms with Crippen LogP contribution >= 0.6 is 0 Å². The van der Waals surface area contributed by atoms with Gasteiger partial charge >= 0.3 is 0 Å². The molecule has 0 atom stereocenters. The monoisotopic (exact) mass is 275 g/mol. The summed E-state index contributed by atoms with van der Waals surface area (Å²) in [5.41, 5.74) is 0.529. The molecule has 20 heavy (non-hydrogen) atoms. The molecule has 0 aromatic heterocycles. The molecule has 1 aliphatic carbocycles. The average Bonchev–Trinajstić information content (AvgIpc) is 3.26. The van der Waals surface area contributed by atoms with Gasteiger partial charge in [-0.05, 0) is 42.9 Å². The van der Waals surface area contributed by atoms with Gasteiger partial charge in [-0.3, -0.25) is 4.79 Å². The van der Waals surface area contributed by atoms with E-state index in [1.54, 1.807) is 12.0 Å². The Kier molecular flexibility index (Phi) is 3.42. The van der Waals surface area contributed by atoms with Gasteiger partial charge in [0.15, 0.2) is 0 Å². The number of nitrogens with zero attached hydrogens (tertiary/aromatic N) is 1. The molecule has 1 aromatic rings. The standard InChI is InChI=1S/C16H21NO3/c1-20-14-4-2-3-12(9-14)5-8-15(18)17-10-16(19,11-17)13-6-7-13/h2-4,9,13,19H,5-8,10-11H2,1H3. The van der Waals surface area contributed by atoms with E-state index in [-0.39, 0.29) is 5.91 Å². The minimum Gasteiger partial charge on any atom is -0.497 e. The number of aliphatic hydroxyl groups is 1. The maximum Gasteiger partial charge on any atom is 0.223 e. The van der Waals surface area contributed by atoms with Crippen molar-refractivity contribution in [3.8, 4) is 5.75 Å². The van der Waals surface area contributed by atoms with Crippen LogP contribution in [0.5, 0.6) is 5.75 Å². The Hall–Kier alpha value is -1.55. The van der Waals surface area contributed by atoms with Crippen molar-refractivity contribution < 1.29 is 14.6 Å². The average molecular weight is 275 g/mol. The lowest BCUT2D eigenvalue weighted by atomic mass is 9.88. The van der Waals surface area contributed by atoms with E-state index in [0.717, 1.165) is 24.2 Å². The van der Waals surface area contributed by atoms with Gasteiger partial charge in [-0.15, -0.1) is 0 Å². The number of carbonyl (C=O) groups excluding carboxylic acids is 1. The topological polar surface area (TPSA) is 49.8 Å². The maximum atomic E-state index is 12.1. The zero-order valence-corrected chi connectivity index (χ0v) is 11.8. The van der Waals surface area contributed by atoms with Gasteiger partial charge in [-0.2, -0.15) is 0 Å². The fourth-order valence-corrected chi connectivity index (χ4v) is 2.91. The largest absolute Gasteiger partial charge is 0.497 e. The number of benzene rings is 1. The lowest BCUT2D eigenvalue weighted by molar-refractivity contribution is -0.159. The molecule has 0 radical (unpaired) electrons. The maximum absolute atomic E-state index is 12.1. The first-order valence-corrected chi connectivity index (χ1v) is 7.24. The molecule has 0 unspecified atom stereocenters. The molecule has 1 heterocycles. The Bertz CT molecular complexity index is 504. The normalized spacial score (nSPS) is 20.4. The second kappa shape index (κ2) is 5.09. The lowest BCUT2D eigenvalue weighted by Crippen LogP contribution is -2.64. The molecule has 1 aromatic carbocycles. The smallest absolute Gasteiger partial charge is 0.223 e. The van der Waals surface area contributed by atoms with E-state index in [0.29, 0.717) is 31.8 Å². The highest BCUT2D eigenvalue weighted by Gasteiger charge is 2.52. The van der Waals surface area contributed by atoms with Gasteiger partial charge in [-0.1, -0.05) is 12.1 Å². The predicted molar refractivity (Wildman–Crippen MR) is 75.6 cm³/mol. The van der Waals surface area contributed by atoms with Crippen LogP contribution < -0.4 is 4.74 Å². The quantitative estimate of drug-likeness (QED) is 0.888. The third-order valence-electron chi connectivity index (χ3n) is 4.38. The minimum absolute atomic E-state index is 0.137. The summed E-state index contributed by atoms with van der Waals surface area (Å²) in [4.78, 5) is 13.8. The van der Waals surface area contributed by atoms with Crippen LogP contribution in [0, 0.1) is 5.92 Å². The molecule has 0 bridgehead atoms. The van der Waals surface area contributed by atoms with E-state index in [9.17, 15) is 9.90 Å². The van der Waals surface area contributed by atoms with Crippen molar-refractivity contribution in [2.75, 3.05) is 20.2 Å². The highest BCUT2D eigenvalue weighted by atomic mass is 16.5. The summed E-state index contributed by atoms with van der Waals surface area (Å²) >= 11 is 0. The van der Waals surface area contributed by atoms with Gasteiger partial charge in [-0.25, -0.2) is 0 Å². The van der Waals surface area contributed by atoms with Crippen molar-refractivity contribution in [3.63, 3.8) is 0 Å². The van der Waals surface area contributed by atoms with Gasteiger partial charge in [0, 0.05) is 6.42 Å². The number of rotatable bonds is 5. The third kappa shape index (κ3) is 2.66. The Morgan fingerprint density at radius 3 is 2.85 bits per heavy atom. The lowest BCUT2D eigenvalue weighted by Gasteiger charge is -2.47. The number of ether oxygens (including phenoxy) is 1. The molecule has 4 heteroatoms. The fourth-order valence-electron chi connectivity index (χ4n) is 2.91. The molecule has 1 amide bonds. The highest BCUT2D eigenvalue weighted by Crippen LogP contribution is 2.44. The molecule has 108 valence electrons. The van der Waals surface area contributed by atoms with E-state index in [4.69, 9.17) is 4.74 Å². The second-order valence-corrected chi connectivity index (χ2v) is 5.98. The van der Waals surface area contributed by atoms with Crippen LogP contribution in [0.2, 0.25) is 0 Å². The summed E-state index contributed by atoms with van der Waals surface area (Å²) in [5.74, 6) is 1.39. The van der Waals surface area contributed by atoms with Crippen molar-refractivity contribution in [1.29, 1.82) is 0 Å². The summed E-state index contributed by atoms with van der Waals surface area (Å²) in [6, 6.07) is 7.81. The first-order valence-electron chi connectivity index (χ1n) is 7.24. The molecule has 1 N–H and O–H groups in total. The van der Waals surface area contributed by atoms with Gasteiger partial charge in [0.25, 0.3) is 0 Å². The zero-order chi connectivity index (χ0) is 14.2. The minimum atomic E-state index is -0.578. The summed E-state index contributed by atoms with van der Waals surface area (Å²) in [6.45, 7) is 1.04. The highest BCUT2D eigenvalue weighted by molar-refractivity contribution is 5.77. The van der Waals surface area contributed by atoms with Gasteiger partial charge < -0.3 is 14.7 Å². The van der Waals surface area contributed by atoms with Crippen LogP contribution in [0.1, 0.15) is 24.8 Å². The fraction of sp³-hybridized carbons (Fsp3) is 0.562. The van der Waals surface area contributed by atoms with Gasteiger partial charge in [0.1, 0.15) is 11.4 Å². The first-order chi connectivity index (χ1) is 9.60. The van der Waals surface area contributed by atoms with Crippen molar-refractivity contribution in [3.05, 3.63) is 29.8 Å². The Morgan fingerprint density at radius 1 is 1.45 bits per heavy atom. The first kappa shape index (κ1) is 13.4. The number of β-amino-alcohol motifs (C(OH)–C–C–N with tert-alkyl or cyclic N) is 1. The van der Waals surface area contributed by atoms with Crippen molar-refractivity contribution in [2.24, 2.45) is 5.92 Å². The van der Waals surface area contributed by atoms with Crippen molar-refractivity contribution in [2.45, 2.75) is 31.3 Å². The van der Waals surface area contributed by atoms with E-state index >= 15 is 0 Å². The molecular weight excluding hydrogens is 254 g/mol. The van der Waals surface area contributed by atoms with Crippen LogP contribution in [0.4, 0.5) is 0 Å². The molecule has 1 saturated heterocycles. The Morgan fingerprint density at radius 2 is 2.20 bits per heavy atom. The van der Waals surface area contributed by atoms with E-state index in [2.05, 4.69) is 0 Å². The van der Waals surface area contributed by atoms with Crippen LogP contribution in [-0.4, -0.2) is 41.7 Å². The van der Waals surface area contributed by atoms with Crippen LogP contribution in [0.25, 0.3) is 0 Å². The molecule has 4 nitrogen and oxygen atoms in total. The second-order valence-electron chi connectivity index (χ2n) is 5.98. The van der Waals surface area contributed by atoms with E-state index < -0.39 is 5.60 Å². The number of aryl methyl sites for hydroxylation is 1. The van der Waals surface area contributed by atoms with Gasteiger partial charge in [0.05, 0.1) is 20.2 Å². The zero-order valence-electron chi connectivity index (χ0n) is 11.8. The predicted octanol–water partition coefficient (Wildman–Crippen LogP) is 1.61. The molecular formula is C16H21NO3. The molecule has 2 aliphatic rings. The summed E-state index contributed by atoms with van der Waals surface area (Å²) in [5, 5.41) is 10.2. The summed E-state index contributed by atoms with van der Waals surface area (Å²) < 4.78 is 5.17. The number of hydrogen-bond acceptors (Lipinski definition) is 3. The van der Waals surface area contributed by atoms with Crippen molar-refractivity contribution in [1.82, 2.24) is 4.90 Å². The Balaban J connectivity index is 1.48. The summed E-state index contributed by atoms with van der Waals surface area (Å²) in [7, 11) is 1.64. The van der Waals surface area contributed by atoms with Gasteiger partial charge in [0.2, 0.25) is 5.91 Å². The molecule has 2 fully saturated rings. The third-order valence-corrected chi connectivity index (χ3v) is 4.38. The molecule has 1 saturated carbocycles. The molecule has 0 spiro atoms. The molecule has 1 aliphatic heterocycles. The van der Waals surface area contributed by atoms with Crippen molar-refractivity contribution >= 4 is 5.91 Å². The number of likely N-dealkylation sites (tertiary alicyclic amines) is 1. The Labute approximate surface area is 119 Å². The van der Waals surface area contributed by atoms with Crippen LogP contribution in [-0.2, 0) is 11.2 Å². The number of amides is 1. The van der Waals surface area contributed by atoms with E-state index in [1.165, 1.54) is 0 Å². The SMILES string of the molecule is COc1cccc(CCC(=O)N2CC(O)(C3CC3)C2)c1. The van der Waals surface area contributed by atoms with Crippen LogP contribution in [0.3, 0.4) is 0 Å². The van der Waals surface area contributed by atoms with Crippen LogP contribution in [0.15, 0.2) is 24.3 Å². The number of hydrogen-bond donors (Lipinski definition) is 1.